The molecule has 0 spiro atoms. The fourth-order valence-electron chi connectivity index (χ4n) is 7.12. The molecule has 6 rings (SSSR count). The molecule has 3 aliphatic rings. The number of likely N-dealkylation sites (tertiary alicyclic amines) is 2. The van der Waals surface area contributed by atoms with Crippen LogP contribution in [-0.2, 0) is 21.9 Å². The van der Waals surface area contributed by atoms with E-state index >= 15 is 0 Å². The van der Waals surface area contributed by atoms with Gasteiger partial charge in [0.1, 0.15) is 0 Å². The van der Waals surface area contributed by atoms with Crippen molar-refractivity contribution in [2.75, 3.05) is 63.9 Å². The number of aliphatic hydroxyl groups excluding tert-OH is 1. The van der Waals surface area contributed by atoms with Gasteiger partial charge in [-0.3, -0.25) is 4.79 Å². The number of fused-ring (bicyclic) bond motifs is 1. The molecule has 0 radical (unpaired) electrons. The maximum absolute atomic E-state index is 13.2. The standard InChI is InChI=1S/C35H40F6N4O4/c36-34(37,38)25-17-23(18-26(19-25)35(39,40)41)1-4-32(47)45-11-7-33(48,8-12-45)31(46)22-43-9-5-24(6-10-43)29-21-42-30-3-2-27(20-28(29)30)44-13-15-49-16-14-44/h1-4,17-21,24,31,42,46,48H,5-16,22H2. The molecule has 0 bridgehead atoms. The zero-order valence-electron chi connectivity index (χ0n) is 26.9. The molecule has 0 aliphatic carbocycles. The molecule has 1 unspecified atom stereocenters. The van der Waals surface area contributed by atoms with E-state index in [1.807, 2.05) is 0 Å². The molecule has 1 aromatic heterocycles. The van der Waals surface area contributed by atoms with Crippen molar-refractivity contribution in [3.05, 3.63) is 70.9 Å². The average molecular weight is 695 g/mol. The lowest BCUT2D eigenvalue weighted by atomic mass is 9.84. The van der Waals surface area contributed by atoms with E-state index in [2.05, 4.69) is 39.2 Å². The number of benzene rings is 2. The normalized spacial score (nSPS) is 20.7. The van der Waals surface area contributed by atoms with Crippen molar-refractivity contribution in [3.63, 3.8) is 0 Å². The summed E-state index contributed by atoms with van der Waals surface area (Å²) in [6.45, 7) is 5.06. The summed E-state index contributed by atoms with van der Waals surface area (Å²) in [7, 11) is 0. The molecule has 3 N–H and O–H groups in total. The largest absolute Gasteiger partial charge is 0.416 e. The first-order valence-corrected chi connectivity index (χ1v) is 16.5. The number of β-amino-alcohol motifs (C(OH)–C–C–N with tert-alkyl or cyclic N) is 1. The summed E-state index contributed by atoms with van der Waals surface area (Å²) in [5, 5.41) is 23.6. The van der Waals surface area contributed by atoms with Crippen LogP contribution < -0.4 is 4.90 Å². The minimum atomic E-state index is -4.99. The molecule has 2 aromatic carbocycles. The van der Waals surface area contributed by atoms with Crippen LogP contribution >= 0.6 is 0 Å². The Balaban J connectivity index is 1.01. The van der Waals surface area contributed by atoms with E-state index in [4.69, 9.17) is 4.74 Å². The molecule has 0 saturated carbocycles. The Labute approximate surface area is 279 Å². The number of H-pyrrole nitrogens is 1. The molecule has 3 aliphatic heterocycles. The highest BCUT2D eigenvalue weighted by atomic mass is 19.4. The molecule has 1 amide bonds. The molecule has 3 saturated heterocycles. The number of morpholine rings is 1. The molecule has 3 fully saturated rings. The maximum Gasteiger partial charge on any atom is 0.416 e. The predicted molar refractivity (Wildman–Crippen MR) is 172 cm³/mol. The Kier molecular flexibility index (Phi) is 10.0. The van der Waals surface area contributed by atoms with Gasteiger partial charge in [-0.15, -0.1) is 0 Å². The number of nitrogens with zero attached hydrogens (tertiary/aromatic N) is 3. The highest BCUT2D eigenvalue weighted by Crippen LogP contribution is 2.38. The summed E-state index contributed by atoms with van der Waals surface area (Å²) >= 11 is 0. The molecule has 4 heterocycles. The number of anilines is 1. The number of hydrogen-bond donors (Lipinski definition) is 3. The van der Waals surface area contributed by atoms with Crippen LogP contribution in [0.5, 0.6) is 0 Å². The zero-order chi connectivity index (χ0) is 35.0. The quantitative estimate of drug-likeness (QED) is 0.219. The number of carbonyl (C=O) groups excluding carboxylic acids is 1. The van der Waals surface area contributed by atoms with Crippen LogP contribution in [0.25, 0.3) is 17.0 Å². The highest BCUT2D eigenvalue weighted by Gasteiger charge is 2.41. The highest BCUT2D eigenvalue weighted by molar-refractivity contribution is 5.92. The number of carbonyl (C=O) groups is 1. The average Bonchev–Trinajstić information content (AvgIpc) is 3.51. The minimum Gasteiger partial charge on any atom is -0.389 e. The lowest BCUT2D eigenvalue weighted by Crippen LogP contribution is -2.56. The van der Waals surface area contributed by atoms with Crippen LogP contribution in [-0.4, -0.2) is 102 Å². The SMILES string of the molecule is O=C(C=Cc1cc(C(F)(F)F)cc(C(F)(F)F)c1)N1CCC(O)(C(O)CN2CCC(c3c[nH]c4ccc(N5CCOCC5)cc34)CC2)CC1. The van der Waals surface area contributed by atoms with Crippen molar-refractivity contribution < 1.29 is 46.1 Å². The number of aliphatic hydroxyl groups is 2. The van der Waals surface area contributed by atoms with E-state index in [1.54, 1.807) is 0 Å². The zero-order valence-corrected chi connectivity index (χ0v) is 26.9. The monoisotopic (exact) mass is 694 g/mol. The van der Waals surface area contributed by atoms with E-state index in [0.717, 1.165) is 69.9 Å². The summed E-state index contributed by atoms with van der Waals surface area (Å²) in [4.78, 5) is 22.0. The molecule has 1 atom stereocenters. The van der Waals surface area contributed by atoms with Gasteiger partial charge in [0.2, 0.25) is 5.91 Å². The maximum atomic E-state index is 13.2. The molecular formula is C35H40F6N4O4. The Morgan fingerprint density at radius 1 is 0.939 bits per heavy atom. The third kappa shape index (κ3) is 8.08. The first kappa shape index (κ1) is 35.2. The van der Waals surface area contributed by atoms with Crippen molar-refractivity contribution in [1.82, 2.24) is 14.8 Å². The third-order valence-corrected chi connectivity index (χ3v) is 10.1. The van der Waals surface area contributed by atoms with E-state index in [1.165, 1.54) is 21.5 Å². The topological polar surface area (TPSA) is 92.3 Å². The van der Waals surface area contributed by atoms with E-state index < -0.39 is 46.7 Å². The second-order valence-electron chi connectivity index (χ2n) is 13.3. The van der Waals surface area contributed by atoms with E-state index in [0.29, 0.717) is 18.1 Å². The van der Waals surface area contributed by atoms with Crippen molar-refractivity contribution in [2.45, 2.75) is 55.7 Å². The Hall–Kier alpha value is -3.59. The van der Waals surface area contributed by atoms with Crippen molar-refractivity contribution in [3.8, 4) is 0 Å². The van der Waals surface area contributed by atoms with Gasteiger partial charge in [0.25, 0.3) is 0 Å². The van der Waals surface area contributed by atoms with E-state index in [9.17, 15) is 41.4 Å². The fraction of sp³-hybridized carbons (Fsp3) is 0.514. The number of aromatic nitrogens is 1. The first-order valence-electron chi connectivity index (χ1n) is 16.5. The van der Waals surface area contributed by atoms with Gasteiger partial charge in [-0.25, -0.2) is 0 Å². The Morgan fingerprint density at radius 2 is 1.57 bits per heavy atom. The first-order chi connectivity index (χ1) is 23.2. The Bertz CT molecular complexity index is 1620. The van der Waals surface area contributed by atoms with Gasteiger partial charge in [0, 0.05) is 61.6 Å². The van der Waals surface area contributed by atoms with Gasteiger partial charge in [0.15, 0.2) is 0 Å². The smallest absolute Gasteiger partial charge is 0.389 e. The predicted octanol–water partition coefficient (Wildman–Crippen LogP) is 5.65. The molecule has 49 heavy (non-hydrogen) atoms. The number of amides is 1. The van der Waals surface area contributed by atoms with Crippen molar-refractivity contribution in [2.24, 2.45) is 0 Å². The molecule has 266 valence electrons. The van der Waals surface area contributed by atoms with Crippen LogP contribution in [0.1, 0.15) is 53.9 Å². The summed E-state index contributed by atoms with van der Waals surface area (Å²) < 4.78 is 84.6. The fourth-order valence-corrected chi connectivity index (χ4v) is 7.12. The minimum absolute atomic E-state index is 0.0317. The second-order valence-corrected chi connectivity index (χ2v) is 13.3. The van der Waals surface area contributed by atoms with Gasteiger partial charge in [-0.1, -0.05) is 0 Å². The summed E-state index contributed by atoms with van der Waals surface area (Å²) in [5.74, 6) is -0.262. The summed E-state index contributed by atoms with van der Waals surface area (Å²) in [6, 6.07) is 7.64. The van der Waals surface area contributed by atoms with Gasteiger partial charge in [-0.2, -0.15) is 26.3 Å². The molecule has 8 nitrogen and oxygen atoms in total. The number of piperidine rings is 2. The van der Waals surface area contributed by atoms with Crippen LogP contribution in [0, 0.1) is 0 Å². The molecular weight excluding hydrogens is 654 g/mol. The number of rotatable bonds is 7. The van der Waals surface area contributed by atoms with Crippen LogP contribution in [0.2, 0.25) is 0 Å². The summed E-state index contributed by atoms with van der Waals surface area (Å²) in [5.41, 5.74) is -1.22. The second kappa shape index (κ2) is 14.0. The number of halogens is 6. The van der Waals surface area contributed by atoms with Gasteiger partial charge < -0.3 is 34.6 Å². The van der Waals surface area contributed by atoms with Crippen LogP contribution in [0.4, 0.5) is 32.0 Å². The lowest BCUT2D eigenvalue weighted by Gasteiger charge is -2.43. The van der Waals surface area contributed by atoms with Gasteiger partial charge in [0.05, 0.1) is 36.0 Å². The van der Waals surface area contributed by atoms with Crippen molar-refractivity contribution in [1.29, 1.82) is 0 Å². The van der Waals surface area contributed by atoms with Crippen LogP contribution in [0.3, 0.4) is 0 Å². The molecule has 14 heteroatoms. The Morgan fingerprint density at radius 3 is 2.18 bits per heavy atom. The molecule has 3 aromatic rings. The van der Waals surface area contributed by atoms with Gasteiger partial charge >= 0.3 is 12.4 Å². The third-order valence-electron chi connectivity index (χ3n) is 10.1. The van der Waals surface area contributed by atoms with Crippen molar-refractivity contribution >= 4 is 28.6 Å². The number of ether oxygens (including phenoxy) is 1. The number of aromatic amines is 1. The van der Waals surface area contributed by atoms with E-state index in [-0.39, 0.29) is 38.5 Å². The van der Waals surface area contributed by atoms with Gasteiger partial charge in [-0.05, 0) is 98.3 Å². The summed E-state index contributed by atoms with van der Waals surface area (Å²) in [6.07, 6.45) is -5.17. The van der Waals surface area contributed by atoms with Crippen LogP contribution in [0.15, 0.2) is 48.7 Å². The number of nitrogens with one attached hydrogen (secondary N) is 1. The number of hydrogen-bond acceptors (Lipinski definition) is 6. The number of alkyl halides is 6. The lowest BCUT2D eigenvalue weighted by molar-refractivity contribution is -0.143.